The number of hydrogen-bond acceptors (Lipinski definition) is 3. The molecule has 0 aliphatic heterocycles. The summed E-state index contributed by atoms with van der Waals surface area (Å²) in [6.45, 7) is 1.87. The second-order valence-electron chi connectivity index (χ2n) is 3.68. The average molecular weight is 235 g/mol. The number of carbonyl (C=O) groups is 1. The molecule has 90 valence electrons. The maximum atomic E-state index is 13.1. The fourth-order valence-corrected chi connectivity index (χ4v) is 1.34. The molecule has 1 rings (SSSR count). The summed E-state index contributed by atoms with van der Waals surface area (Å²) in [4.78, 5) is 11.7. The van der Waals surface area contributed by atoms with Gasteiger partial charge in [-0.15, -0.1) is 0 Å². The van der Waals surface area contributed by atoms with E-state index in [0.29, 0.717) is 6.42 Å². The van der Waals surface area contributed by atoms with Crippen molar-refractivity contribution in [1.82, 2.24) is 5.32 Å². The molecule has 0 aliphatic rings. The second kappa shape index (κ2) is 5.85. The van der Waals surface area contributed by atoms with Gasteiger partial charge in [0.05, 0.1) is 18.2 Å². The summed E-state index contributed by atoms with van der Waals surface area (Å²) >= 11 is 0. The lowest BCUT2D eigenvalue weighted by Gasteiger charge is -2.13. The summed E-state index contributed by atoms with van der Waals surface area (Å²) in [6, 6.07) is 5.65. The van der Waals surface area contributed by atoms with Gasteiger partial charge in [-0.25, -0.2) is 4.39 Å². The fourth-order valence-electron chi connectivity index (χ4n) is 1.34. The van der Waals surface area contributed by atoms with Crippen molar-refractivity contribution in [3.05, 3.63) is 29.6 Å². The molecule has 3 N–H and O–H groups in total. The predicted octanol–water partition coefficient (Wildman–Crippen LogP) is 1.83. The van der Waals surface area contributed by atoms with Crippen LogP contribution in [0, 0.1) is 17.1 Å². The summed E-state index contributed by atoms with van der Waals surface area (Å²) in [7, 11) is 0. The van der Waals surface area contributed by atoms with Gasteiger partial charge in [0.15, 0.2) is 0 Å². The Bertz CT molecular complexity index is 454. The van der Waals surface area contributed by atoms with Crippen molar-refractivity contribution in [2.75, 3.05) is 5.73 Å². The molecule has 5 heteroatoms. The largest absolute Gasteiger partial charge is 0.396 e. The maximum Gasteiger partial charge on any atom is 0.251 e. The number of nitrogens with zero attached hydrogens (tertiary/aromatic N) is 1. The van der Waals surface area contributed by atoms with Crippen molar-refractivity contribution in [3.63, 3.8) is 0 Å². The van der Waals surface area contributed by atoms with E-state index in [-0.39, 0.29) is 23.7 Å². The maximum absolute atomic E-state index is 13.1. The number of amides is 1. The molecule has 1 unspecified atom stereocenters. The Kier molecular flexibility index (Phi) is 4.46. The number of nitrogen functional groups attached to an aromatic ring is 1. The molecule has 17 heavy (non-hydrogen) atoms. The van der Waals surface area contributed by atoms with Crippen molar-refractivity contribution >= 4 is 11.6 Å². The Morgan fingerprint density at radius 2 is 2.35 bits per heavy atom. The summed E-state index contributed by atoms with van der Waals surface area (Å²) in [6.07, 6.45) is 0.885. The Morgan fingerprint density at radius 1 is 1.65 bits per heavy atom. The number of anilines is 1. The van der Waals surface area contributed by atoms with Gasteiger partial charge in [0.25, 0.3) is 5.91 Å². The third-order valence-electron chi connectivity index (χ3n) is 2.43. The van der Waals surface area contributed by atoms with Gasteiger partial charge in [0, 0.05) is 11.6 Å². The molecule has 0 aromatic heterocycles. The number of hydrogen-bond donors (Lipinski definition) is 2. The lowest BCUT2D eigenvalue weighted by Crippen LogP contribution is -2.34. The minimum absolute atomic E-state index is 0.00520. The molecule has 0 saturated heterocycles. The van der Waals surface area contributed by atoms with Crippen LogP contribution in [0.3, 0.4) is 0 Å². The molecule has 0 bridgehead atoms. The van der Waals surface area contributed by atoms with Crippen LogP contribution >= 0.6 is 0 Å². The standard InChI is InChI=1S/C12H14FN3O/c1-2-9(5-6-14)16-12(17)8-3-4-11(15)10(13)7-8/h3-4,7,9H,2,5,15H2,1H3,(H,16,17). The highest BCUT2D eigenvalue weighted by atomic mass is 19.1. The van der Waals surface area contributed by atoms with Gasteiger partial charge in [0.1, 0.15) is 5.82 Å². The molecule has 1 aromatic rings. The van der Waals surface area contributed by atoms with Gasteiger partial charge in [0.2, 0.25) is 0 Å². The SMILES string of the molecule is CCC(CC#N)NC(=O)c1ccc(N)c(F)c1. The third-order valence-corrected chi connectivity index (χ3v) is 2.43. The molecule has 0 aliphatic carbocycles. The first-order valence-electron chi connectivity index (χ1n) is 5.31. The van der Waals surface area contributed by atoms with Crippen molar-refractivity contribution in [3.8, 4) is 6.07 Å². The van der Waals surface area contributed by atoms with Crippen LogP contribution in [-0.2, 0) is 0 Å². The lowest BCUT2D eigenvalue weighted by molar-refractivity contribution is 0.0936. The number of benzene rings is 1. The Hall–Kier alpha value is -2.09. The summed E-state index contributed by atoms with van der Waals surface area (Å²) < 4.78 is 13.1. The van der Waals surface area contributed by atoms with Crippen LogP contribution in [0.15, 0.2) is 18.2 Å². The number of rotatable bonds is 4. The molecular weight excluding hydrogens is 221 g/mol. The molecule has 0 saturated carbocycles. The van der Waals surface area contributed by atoms with E-state index in [1.807, 2.05) is 13.0 Å². The van der Waals surface area contributed by atoms with Gasteiger partial charge in [-0.1, -0.05) is 6.92 Å². The Morgan fingerprint density at radius 3 is 2.88 bits per heavy atom. The first-order chi connectivity index (χ1) is 8.08. The van der Waals surface area contributed by atoms with Crippen LogP contribution in [0.2, 0.25) is 0 Å². The molecule has 0 spiro atoms. The number of nitrogens with one attached hydrogen (secondary N) is 1. The van der Waals surface area contributed by atoms with Crippen molar-refractivity contribution < 1.29 is 9.18 Å². The predicted molar refractivity (Wildman–Crippen MR) is 62.6 cm³/mol. The molecular formula is C12H14FN3O. The highest BCUT2D eigenvalue weighted by molar-refractivity contribution is 5.94. The van der Waals surface area contributed by atoms with Gasteiger partial charge >= 0.3 is 0 Å². The molecule has 1 amide bonds. The Labute approximate surface area is 99.2 Å². The third kappa shape index (κ3) is 3.45. The zero-order chi connectivity index (χ0) is 12.8. The van der Waals surface area contributed by atoms with Gasteiger partial charge in [-0.2, -0.15) is 5.26 Å². The van der Waals surface area contributed by atoms with Crippen molar-refractivity contribution in [2.24, 2.45) is 0 Å². The van der Waals surface area contributed by atoms with Crippen LogP contribution in [0.1, 0.15) is 30.1 Å². The number of carbonyl (C=O) groups excluding carboxylic acids is 1. The van der Waals surface area contributed by atoms with Crippen LogP contribution in [0.25, 0.3) is 0 Å². The molecule has 1 aromatic carbocycles. The smallest absolute Gasteiger partial charge is 0.251 e. The van der Waals surface area contributed by atoms with Crippen LogP contribution < -0.4 is 11.1 Å². The zero-order valence-corrected chi connectivity index (χ0v) is 9.53. The highest BCUT2D eigenvalue weighted by Crippen LogP contribution is 2.12. The van der Waals surface area contributed by atoms with E-state index in [0.717, 1.165) is 6.07 Å². The van der Waals surface area contributed by atoms with Gasteiger partial charge in [-0.3, -0.25) is 4.79 Å². The fraction of sp³-hybridized carbons (Fsp3) is 0.333. The van der Waals surface area contributed by atoms with E-state index < -0.39 is 11.7 Å². The van der Waals surface area contributed by atoms with E-state index in [1.165, 1.54) is 12.1 Å². The molecule has 1 atom stereocenters. The minimum atomic E-state index is -0.619. The van der Waals surface area contributed by atoms with Crippen LogP contribution in [-0.4, -0.2) is 11.9 Å². The number of nitrogens with two attached hydrogens (primary N) is 1. The van der Waals surface area contributed by atoms with Gasteiger partial charge in [-0.05, 0) is 24.6 Å². The van der Waals surface area contributed by atoms with Crippen LogP contribution in [0.5, 0.6) is 0 Å². The van der Waals surface area contributed by atoms with E-state index in [2.05, 4.69) is 5.32 Å². The molecule has 0 radical (unpaired) electrons. The highest BCUT2D eigenvalue weighted by Gasteiger charge is 2.13. The normalized spacial score (nSPS) is 11.6. The number of halogens is 1. The monoisotopic (exact) mass is 235 g/mol. The second-order valence-corrected chi connectivity index (χ2v) is 3.68. The molecule has 0 fully saturated rings. The lowest BCUT2D eigenvalue weighted by atomic mass is 10.1. The quantitative estimate of drug-likeness (QED) is 0.781. The first kappa shape index (κ1) is 13.0. The van der Waals surface area contributed by atoms with Crippen LogP contribution in [0.4, 0.5) is 10.1 Å². The first-order valence-corrected chi connectivity index (χ1v) is 5.31. The number of nitriles is 1. The summed E-state index contributed by atoms with van der Waals surface area (Å²) in [5.41, 5.74) is 5.52. The minimum Gasteiger partial charge on any atom is -0.396 e. The van der Waals surface area contributed by atoms with E-state index >= 15 is 0 Å². The molecule has 4 nitrogen and oxygen atoms in total. The van der Waals surface area contributed by atoms with E-state index in [4.69, 9.17) is 11.0 Å². The summed E-state index contributed by atoms with van der Waals surface area (Å²) in [5.74, 6) is -1.02. The molecule has 0 heterocycles. The van der Waals surface area contributed by atoms with Gasteiger partial charge < -0.3 is 11.1 Å². The average Bonchev–Trinajstić information content (AvgIpc) is 2.31. The van der Waals surface area contributed by atoms with Crippen molar-refractivity contribution in [1.29, 1.82) is 5.26 Å². The Balaban J connectivity index is 2.76. The topological polar surface area (TPSA) is 78.9 Å². The zero-order valence-electron chi connectivity index (χ0n) is 9.53. The van der Waals surface area contributed by atoms with E-state index in [9.17, 15) is 9.18 Å². The summed E-state index contributed by atoms with van der Waals surface area (Å²) in [5, 5.41) is 11.2. The van der Waals surface area contributed by atoms with E-state index in [1.54, 1.807) is 0 Å². The van der Waals surface area contributed by atoms with Crippen molar-refractivity contribution in [2.45, 2.75) is 25.8 Å².